The third-order valence-electron chi connectivity index (χ3n) is 6.57. The number of hydrogen-bond donors (Lipinski definition) is 3. The van der Waals surface area contributed by atoms with Gasteiger partial charge in [-0.25, -0.2) is 0 Å². The van der Waals surface area contributed by atoms with Gasteiger partial charge in [0.1, 0.15) is 11.7 Å². The normalized spacial score (nSPS) is 14.4. The summed E-state index contributed by atoms with van der Waals surface area (Å²) in [5.41, 5.74) is 4.78. The van der Waals surface area contributed by atoms with Crippen molar-refractivity contribution in [2.75, 3.05) is 14.1 Å². The number of nitrogens with zero attached hydrogens (tertiary/aromatic N) is 1. The minimum absolute atomic E-state index is 0.125. The van der Waals surface area contributed by atoms with E-state index in [9.17, 15) is 9.59 Å². The van der Waals surface area contributed by atoms with Crippen molar-refractivity contribution in [3.8, 4) is 0 Å². The lowest BCUT2D eigenvalue weighted by Crippen LogP contribution is -2.46. The van der Waals surface area contributed by atoms with Crippen LogP contribution in [0.5, 0.6) is 0 Å². The molecule has 1 saturated carbocycles. The number of aromatic nitrogens is 1. The molecule has 6 nitrogen and oxygen atoms in total. The average molecular weight is 461 g/mol. The Kier molecular flexibility index (Phi) is 7.68. The molecule has 1 heterocycles. The van der Waals surface area contributed by atoms with Crippen molar-refractivity contribution in [2.45, 2.75) is 58.2 Å². The van der Waals surface area contributed by atoms with Crippen LogP contribution in [0.4, 0.5) is 0 Å². The Morgan fingerprint density at radius 1 is 1.06 bits per heavy atom. The first-order chi connectivity index (χ1) is 16.4. The highest BCUT2D eigenvalue weighted by molar-refractivity contribution is 6.02. The zero-order valence-electron chi connectivity index (χ0n) is 20.5. The number of carbonyl (C=O) groups excluding carboxylic acids is 2. The Morgan fingerprint density at radius 2 is 1.76 bits per heavy atom. The van der Waals surface area contributed by atoms with Gasteiger partial charge in [0.15, 0.2) is 0 Å². The lowest BCUT2D eigenvalue weighted by atomic mass is 10.1. The molecule has 0 aliphatic heterocycles. The van der Waals surface area contributed by atoms with Gasteiger partial charge in [0.25, 0.3) is 5.91 Å². The maximum atomic E-state index is 13.2. The molecule has 2 aromatic carbocycles. The number of benzene rings is 2. The molecule has 3 N–H and O–H groups in total. The van der Waals surface area contributed by atoms with Gasteiger partial charge in [-0.3, -0.25) is 9.59 Å². The van der Waals surface area contributed by atoms with Crippen LogP contribution in [0.3, 0.4) is 0 Å². The molecule has 1 aromatic heterocycles. The molecule has 0 unspecified atom stereocenters. The molecule has 0 saturated heterocycles. The van der Waals surface area contributed by atoms with Crippen LogP contribution in [0.15, 0.2) is 48.5 Å². The first kappa shape index (κ1) is 24.0. The van der Waals surface area contributed by atoms with Gasteiger partial charge in [-0.15, -0.1) is 0 Å². The Hall–Kier alpha value is -3.12. The smallest absolute Gasteiger partial charge is 0.268 e. The van der Waals surface area contributed by atoms with Crippen molar-refractivity contribution < 1.29 is 9.59 Å². The fourth-order valence-electron chi connectivity index (χ4n) is 4.51. The number of fused-ring (bicyclic) bond motifs is 1. The SMILES string of the molecule is CCc1c(C(=O)N[C@@H](CCC2CC2)C(=O)NCc2ccc(CN(C)C)cc2)[nH]c2ccccc12. The Balaban J connectivity index is 1.42. The van der Waals surface area contributed by atoms with E-state index in [4.69, 9.17) is 0 Å². The highest BCUT2D eigenvalue weighted by Gasteiger charge is 2.28. The molecule has 34 heavy (non-hydrogen) atoms. The summed E-state index contributed by atoms with van der Waals surface area (Å²) < 4.78 is 0. The zero-order valence-corrected chi connectivity index (χ0v) is 20.5. The van der Waals surface area contributed by atoms with Gasteiger partial charge in [-0.2, -0.15) is 0 Å². The first-order valence-electron chi connectivity index (χ1n) is 12.3. The molecule has 1 aliphatic rings. The third-order valence-corrected chi connectivity index (χ3v) is 6.57. The monoisotopic (exact) mass is 460 g/mol. The van der Waals surface area contributed by atoms with Crippen LogP contribution in [0, 0.1) is 5.92 Å². The first-order valence-corrected chi connectivity index (χ1v) is 12.3. The molecular weight excluding hydrogens is 424 g/mol. The summed E-state index contributed by atoms with van der Waals surface area (Å²) in [4.78, 5) is 31.7. The second-order valence-electron chi connectivity index (χ2n) is 9.70. The molecule has 3 aromatic rings. The summed E-state index contributed by atoms with van der Waals surface area (Å²) in [5, 5.41) is 7.13. The van der Waals surface area contributed by atoms with E-state index in [1.165, 1.54) is 18.4 Å². The summed E-state index contributed by atoms with van der Waals surface area (Å²) in [7, 11) is 4.09. The van der Waals surface area contributed by atoms with Crippen molar-refractivity contribution >= 4 is 22.7 Å². The maximum Gasteiger partial charge on any atom is 0.268 e. The second-order valence-corrected chi connectivity index (χ2v) is 9.70. The van der Waals surface area contributed by atoms with E-state index in [0.717, 1.165) is 41.4 Å². The van der Waals surface area contributed by atoms with Crippen LogP contribution in [0.25, 0.3) is 10.9 Å². The highest BCUT2D eigenvalue weighted by atomic mass is 16.2. The summed E-state index contributed by atoms with van der Waals surface area (Å²) in [6.07, 6.45) is 4.82. The van der Waals surface area contributed by atoms with Crippen LogP contribution in [-0.4, -0.2) is 41.8 Å². The van der Waals surface area contributed by atoms with Gasteiger partial charge in [0.05, 0.1) is 0 Å². The van der Waals surface area contributed by atoms with Crippen molar-refractivity contribution in [3.63, 3.8) is 0 Å². The lowest BCUT2D eigenvalue weighted by Gasteiger charge is -2.19. The number of para-hydroxylation sites is 1. The lowest BCUT2D eigenvalue weighted by molar-refractivity contribution is -0.123. The predicted molar refractivity (Wildman–Crippen MR) is 137 cm³/mol. The third kappa shape index (κ3) is 6.06. The summed E-state index contributed by atoms with van der Waals surface area (Å²) in [5.74, 6) is 0.355. The quantitative estimate of drug-likeness (QED) is 0.397. The van der Waals surface area contributed by atoms with Gasteiger partial charge in [0.2, 0.25) is 5.91 Å². The summed E-state index contributed by atoms with van der Waals surface area (Å²) in [6, 6.07) is 15.7. The molecule has 4 rings (SSSR count). The zero-order chi connectivity index (χ0) is 24.1. The van der Waals surface area contributed by atoms with Crippen LogP contribution in [-0.2, 0) is 24.3 Å². The predicted octanol–water partition coefficient (Wildman–Crippen LogP) is 4.40. The Bertz CT molecular complexity index is 1130. The van der Waals surface area contributed by atoms with Crippen LogP contribution >= 0.6 is 0 Å². The maximum absolute atomic E-state index is 13.2. The number of aromatic amines is 1. The fraction of sp³-hybridized carbons (Fsp3) is 0.429. The number of hydrogen-bond acceptors (Lipinski definition) is 3. The standard InChI is InChI=1S/C28H36N4O2/c1-4-22-23-7-5-6-8-24(23)30-26(22)28(34)31-25(16-15-19-9-10-19)27(33)29-17-20-11-13-21(14-12-20)18-32(2)3/h5-8,11-14,19,25,30H,4,9-10,15-18H2,1-3H3,(H,29,33)(H,31,34)/t25-/m0/s1. The molecule has 1 atom stereocenters. The highest BCUT2D eigenvalue weighted by Crippen LogP contribution is 2.34. The van der Waals surface area contributed by atoms with E-state index >= 15 is 0 Å². The number of nitrogens with one attached hydrogen (secondary N) is 3. The van der Waals surface area contributed by atoms with Crippen molar-refractivity contribution in [3.05, 3.63) is 70.9 Å². The molecular formula is C28H36N4O2. The van der Waals surface area contributed by atoms with Crippen molar-refractivity contribution in [1.29, 1.82) is 0 Å². The van der Waals surface area contributed by atoms with Crippen LogP contribution < -0.4 is 10.6 Å². The van der Waals surface area contributed by atoms with E-state index in [-0.39, 0.29) is 11.8 Å². The number of carbonyl (C=O) groups is 2. The van der Waals surface area contributed by atoms with E-state index in [0.29, 0.717) is 24.6 Å². The van der Waals surface area contributed by atoms with Gasteiger partial charge < -0.3 is 20.5 Å². The van der Waals surface area contributed by atoms with E-state index in [1.807, 2.05) is 45.3 Å². The summed E-state index contributed by atoms with van der Waals surface area (Å²) in [6.45, 7) is 3.38. The largest absolute Gasteiger partial charge is 0.350 e. The minimum Gasteiger partial charge on any atom is -0.350 e. The van der Waals surface area contributed by atoms with Crippen LogP contribution in [0.2, 0.25) is 0 Å². The molecule has 0 bridgehead atoms. The molecule has 180 valence electrons. The van der Waals surface area contributed by atoms with Crippen molar-refractivity contribution in [1.82, 2.24) is 20.5 Å². The topological polar surface area (TPSA) is 77.2 Å². The van der Waals surface area contributed by atoms with Gasteiger partial charge in [-0.05, 0) is 62.0 Å². The fourth-order valence-corrected chi connectivity index (χ4v) is 4.51. The number of rotatable bonds is 11. The van der Waals surface area contributed by atoms with Gasteiger partial charge in [-0.1, -0.05) is 62.2 Å². The number of aryl methyl sites for hydroxylation is 1. The van der Waals surface area contributed by atoms with Gasteiger partial charge >= 0.3 is 0 Å². The number of H-pyrrole nitrogens is 1. The van der Waals surface area contributed by atoms with E-state index < -0.39 is 6.04 Å². The minimum atomic E-state index is -0.544. The Labute approximate surface area is 202 Å². The Morgan fingerprint density at radius 3 is 2.44 bits per heavy atom. The molecule has 1 aliphatic carbocycles. The van der Waals surface area contributed by atoms with Crippen LogP contribution in [0.1, 0.15) is 59.8 Å². The second kappa shape index (κ2) is 10.9. The van der Waals surface area contributed by atoms with Gasteiger partial charge in [0, 0.05) is 24.0 Å². The van der Waals surface area contributed by atoms with E-state index in [2.05, 4.69) is 44.8 Å². The van der Waals surface area contributed by atoms with Crippen molar-refractivity contribution in [2.24, 2.45) is 5.92 Å². The molecule has 0 spiro atoms. The molecule has 0 radical (unpaired) electrons. The average Bonchev–Trinajstić information content (AvgIpc) is 3.58. The molecule has 6 heteroatoms. The summed E-state index contributed by atoms with van der Waals surface area (Å²) >= 11 is 0. The molecule has 2 amide bonds. The molecule has 1 fully saturated rings. The number of amides is 2. The van der Waals surface area contributed by atoms with E-state index in [1.54, 1.807) is 0 Å².